The zero-order chi connectivity index (χ0) is 10.4. The SMILES string of the molecule is NC(N)=NC(N)=NNC1CCCCC1. The van der Waals surface area contributed by atoms with Crippen molar-refractivity contribution in [2.75, 3.05) is 0 Å². The Balaban J connectivity index is 2.33. The Morgan fingerprint density at radius 3 is 2.29 bits per heavy atom. The maximum Gasteiger partial charge on any atom is 0.240 e. The Bertz CT molecular complexity index is 224. The Kier molecular flexibility index (Phi) is 4.03. The standard InChI is InChI=1S/C8H18N6/c9-7(10)12-8(11)14-13-6-4-2-1-3-5-6/h6,13H,1-5H2,(H6,9,10,11,12,14). The molecule has 0 aromatic rings. The van der Waals surface area contributed by atoms with E-state index in [0.29, 0.717) is 6.04 Å². The average Bonchev–Trinajstić information content (AvgIpc) is 2.15. The van der Waals surface area contributed by atoms with Crippen LogP contribution in [0.3, 0.4) is 0 Å². The van der Waals surface area contributed by atoms with Crippen molar-refractivity contribution in [1.29, 1.82) is 0 Å². The molecule has 0 unspecified atom stereocenters. The molecule has 0 amide bonds. The van der Waals surface area contributed by atoms with E-state index in [0.717, 1.165) is 12.8 Å². The number of guanidine groups is 2. The first-order chi connectivity index (χ1) is 6.68. The summed E-state index contributed by atoms with van der Waals surface area (Å²) in [5, 5.41) is 3.88. The van der Waals surface area contributed by atoms with Crippen LogP contribution in [0, 0.1) is 0 Å². The summed E-state index contributed by atoms with van der Waals surface area (Å²) in [7, 11) is 0. The van der Waals surface area contributed by atoms with E-state index in [1.54, 1.807) is 0 Å². The summed E-state index contributed by atoms with van der Waals surface area (Å²) in [6.07, 6.45) is 6.08. The van der Waals surface area contributed by atoms with Crippen molar-refractivity contribution < 1.29 is 0 Å². The van der Waals surface area contributed by atoms with Crippen molar-refractivity contribution in [3.63, 3.8) is 0 Å². The topological polar surface area (TPSA) is 115 Å². The van der Waals surface area contributed by atoms with Crippen molar-refractivity contribution in [1.82, 2.24) is 5.43 Å². The van der Waals surface area contributed by atoms with Crippen LogP contribution < -0.4 is 22.6 Å². The van der Waals surface area contributed by atoms with Crippen LogP contribution in [0.25, 0.3) is 0 Å². The van der Waals surface area contributed by atoms with Gasteiger partial charge in [0.05, 0.1) is 0 Å². The summed E-state index contributed by atoms with van der Waals surface area (Å²) in [5.74, 6) is 0.00673. The van der Waals surface area contributed by atoms with E-state index >= 15 is 0 Å². The molecule has 1 aliphatic carbocycles. The van der Waals surface area contributed by atoms with Gasteiger partial charge in [0.15, 0.2) is 5.96 Å². The number of hydrogen-bond acceptors (Lipinski definition) is 2. The molecule has 14 heavy (non-hydrogen) atoms. The number of nitrogens with two attached hydrogens (primary N) is 3. The van der Waals surface area contributed by atoms with Gasteiger partial charge in [-0.1, -0.05) is 19.3 Å². The van der Waals surface area contributed by atoms with E-state index in [4.69, 9.17) is 17.2 Å². The summed E-state index contributed by atoms with van der Waals surface area (Å²) < 4.78 is 0. The summed E-state index contributed by atoms with van der Waals surface area (Å²) in [6, 6.07) is 0.413. The number of hydrogen-bond donors (Lipinski definition) is 4. The third kappa shape index (κ3) is 3.97. The largest absolute Gasteiger partial charge is 0.370 e. The number of aliphatic imine (C=N–C) groups is 1. The van der Waals surface area contributed by atoms with Crippen LogP contribution in [0.1, 0.15) is 32.1 Å². The fourth-order valence-electron chi connectivity index (χ4n) is 1.55. The number of hydrazone groups is 1. The molecule has 0 atom stereocenters. The molecule has 0 heterocycles. The smallest absolute Gasteiger partial charge is 0.240 e. The van der Waals surface area contributed by atoms with Gasteiger partial charge in [-0.25, -0.2) is 0 Å². The zero-order valence-electron chi connectivity index (χ0n) is 8.24. The number of nitrogens with zero attached hydrogens (tertiary/aromatic N) is 2. The van der Waals surface area contributed by atoms with Crippen molar-refractivity contribution in [3.8, 4) is 0 Å². The molecule has 0 radical (unpaired) electrons. The van der Waals surface area contributed by atoms with E-state index in [9.17, 15) is 0 Å². The van der Waals surface area contributed by atoms with E-state index < -0.39 is 0 Å². The van der Waals surface area contributed by atoms with Gasteiger partial charge in [-0.2, -0.15) is 4.99 Å². The Morgan fingerprint density at radius 2 is 1.71 bits per heavy atom. The maximum atomic E-state index is 5.43. The van der Waals surface area contributed by atoms with Gasteiger partial charge in [0.25, 0.3) is 0 Å². The molecule has 0 spiro atoms. The lowest BCUT2D eigenvalue weighted by molar-refractivity contribution is 0.380. The molecule has 0 aromatic heterocycles. The first-order valence-corrected chi connectivity index (χ1v) is 4.87. The molecule has 6 nitrogen and oxygen atoms in total. The number of nitrogens with one attached hydrogen (secondary N) is 1. The van der Waals surface area contributed by atoms with E-state index in [1.807, 2.05) is 0 Å². The van der Waals surface area contributed by atoms with Crippen molar-refractivity contribution in [2.45, 2.75) is 38.1 Å². The van der Waals surface area contributed by atoms with Crippen LogP contribution >= 0.6 is 0 Å². The molecule has 0 aliphatic heterocycles. The molecule has 7 N–H and O–H groups in total. The fraction of sp³-hybridized carbons (Fsp3) is 0.750. The predicted molar refractivity (Wildman–Crippen MR) is 57.4 cm³/mol. The Hall–Kier alpha value is -1.46. The van der Waals surface area contributed by atoms with Gasteiger partial charge in [0, 0.05) is 6.04 Å². The molecule has 0 bridgehead atoms. The number of rotatable bonds is 2. The van der Waals surface area contributed by atoms with Gasteiger partial charge in [0.1, 0.15) is 0 Å². The Morgan fingerprint density at radius 1 is 1.07 bits per heavy atom. The molecular weight excluding hydrogens is 180 g/mol. The average molecular weight is 198 g/mol. The van der Waals surface area contributed by atoms with Crippen molar-refractivity contribution in [3.05, 3.63) is 0 Å². The van der Waals surface area contributed by atoms with Crippen LogP contribution in [-0.4, -0.2) is 18.0 Å². The van der Waals surface area contributed by atoms with Crippen LogP contribution in [0.4, 0.5) is 0 Å². The van der Waals surface area contributed by atoms with Crippen molar-refractivity contribution in [2.24, 2.45) is 27.3 Å². The highest BCUT2D eigenvalue weighted by Crippen LogP contribution is 2.17. The molecule has 80 valence electrons. The zero-order valence-corrected chi connectivity index (χ0v) is 8.24. The summed E-state index contributed by atoms with van der Waals surface area (Å²) >= 11 is 0. The molecule has 1 aliphatic rings. The van der Waals surface area contributed by atoms with E-state index in [2.05, 4.69) is 15.5 Å². The minimum Gasteiger partial charge on any atom is -0.370 e. The quantitative estimate of drug-likeness (QED) is 0.270. The van der Waals surface area contributed by atoms with Gasteiger partial charge in [-0.15, -0.1) is 5.10 Å². The van der Waals surface area contributed by atoms with Gasteiger partial charge in [0.2, 0.25) is 5.96 Å². The second-order valence-electron chi connectivity index (χ2n) is 3.47. The van der Waals surface area contributed by atoms with Crippen molar-refractivity contribution >= 4 is 11.9 Å². The normalized spacial score (nSPS) is 19.0. The minimum absolute atomic E-state index is 0.0725. The highest BCUT2D eigenvalue weighted by molar-refractivity contribution is 5.92. The van der Waals surface area contributed by atoms with E-state index in [1.165, 1.54) is 19.3 Å². The molecule has 0 saturated heterocycles. The molecule has 6 heteroatoms. The molecule has 0 aromatic carbocycles. The van der Waals surface area contributed by atoms with Gasteiger partial charge < -0.3 is 22.6 Å². The maximum absolute atomic E-state index is 5.43. The van der Waals surface area contributed by atoms with Gasteiger partial charge >= 0.3 is 0 Å². The third-order valence-corrected chi connectivity index (χ3v) is 2.21. The van der Waals surface area contributed by atoms with Gasteiger partial charge in [-0.05, 0) is 12.8 Å². The van der Waals surface area contributed by atoms with Crippen LogP contribution in [-0.2, 0) is 0 Å². The van der Waals surface area contributed by atoms with Crippen LogP contribution in [0.2, 0.25) is 0 Å². The summed E-state index contributed by atoms with van der Waals surface area (Å²) in [5.41, 5.74) is 18.7. The molecule has 1 rings (SSSR count). The monoisotopic (exact) mass is 198 g/mol. The lowest BCUT2D eigenvalue weighted by Gasteiger charge is -2.20. The second-order valence-corrected chi connectivity index (χ2v) is 3.47. The lowest BCUT2D eigenvalue weighted by atomic mass is 9.96. The molecule has 1 saturated carbocycles. The van der Waals surface area contributed by atoms with Crippen LogP contribution in [0.15, 0.2) is 10.1 Å². The highest BCUT2D eigenvalue weighted by Gasteiger charge is 2.11. The Labute approximate surface area is 83.6 Å². The first kappa shape index (κ1) is 10.6. The lowest BCUT2D eigenvalue weighted by Crippen LogP contribution is -2.31. The minimum atomic E-state index is -0.0725. The van der Waals surface area contributed by atoms with Crippen LogP contribution in [0.5, 0.6) is 0 Å². The van der Waals surface area contributed by atoms with E-state index in [-0.39, 0.29) is 11.9 Å². The summed E-state index contributed by atoms with van der Waals surface area (Å²) in [4.78, 5) is 3.60. The fourth-order valence-corrected chi connectivity index (χ4v) is 1.55. The second kappa shape index (κ2) is 5.31. The first-order valence-electron chi connectivity index (χ1n) is 4.87. The molecule has 1 fully saturated rings. The molecular formula is C8H18N6. The van der Waals surface area contributed by atoms with Gasteiger partial charge in [-0.3, -0.25) is 0 Å². The summed E-state index contributed by atoms with van der Waals surface area (Å²) in [6.45, 7) is 0. The highest BCUT2D eigenvalue weighted by atomic mass is 15.4. The predicted octanol–water partition coefficient (Wildman–Crippen LogP) is -0.588. The third-order valence-electron chi connectivity index (χ3n) is 2.21.